The Morgan fingerprint density at radius 3 is 2.82 bits per heavy atom. The highest BCUT2D eigenvalue weighted by molar-refractivity contribution is 9.10. The van der Waals surface area contributed by atoms with Gasteiger partial charge in [0.1, 0.15) is 0 Å². The van der Waals surface area contributed by atoms with Crippen LogP contribution in [0.4, 0.5) is 5.69 Å². The molecule has 0 saturated carbocycles. The second-order valence-electron chi connectivity index (χ2n) is 5.61. The lowest BCUT2D eigenvalue weighted by molar-refractivity contribution is 0.286. The largest absolute Gasteiger partial charge is 0.382 e. The van der Waals surface area contributed by atoms with Crippen LogP contribution >= 0.6 is 15.9 Å². The fourth-order valence-electron chi connectivity index (χ4n) is 2.42. The van der Waals surface area contributed by atoms with Crippen molar-refractivity contribution >= 4 is 21.6 Å². The number of halogens is 1. The van der Waals surface area contributed by atoms with Crippen molar-refractivity contribution < 1.29 is 0 Å². The van der Waals surface area contributed by atoms with Gasteiger partial charge in [0.05, 0.1) is 0 Å². The summed E-state index contributed by atoms with van der Waals surface area (Å²) in [5, 5.41) is 7.18. The Labute approximate surface area is 112 Å². The van der Waals surface area contributed by atoms with E-state index < -0.39 is 0 Å². The fourth-order valence-corrected chi connectivity index (χ4v) is 2.80. The van der Waals surface area contributed by atoms with Crippen LogP contribution in [0.3, 0.4) is 0 Å². The molecule has 1 unspecified atom stereocenters. The second-order valence-corrected chi connectivity index (χ2v) is 6.46. The summed E-state index contributed by atoms with van der Waals surface area (Å²) in [6, 6.07) is 7.05. The standard InChI is InChI=1S/C14H21BrN2/c1-10-4-5-11(8-13(10)15)17-12-6-7-16-14(2,3)9-12/h4-5,8,12,16-17H,6-7,9H2,1-3H3. The van der Waals surface area contributed by atoms with Gasteiger partial charge in [-0.25, -0.2) is 0 Å². The van der Waals surface area contributed by atoms with Gasteiger partial charge in [0.15, 0.2) is 0 Å². The minimum Gasteiger partial charge on any atom is -0.382 e. The quantitative estimate of drug-likeness (QED) is 0.869. The maximum atomic E-state index is 3.63. The molecule has 1 aromatic carbocycles. The average Bonchev–Trinajstić information content (AvgIpc) is 2.22. The number of nitrogens with one attached hydrogen (secondary N) is 2. The minimum absolute atomic E-state index is 0.248. The molecule has 0 spiro atoms. The van der Waals surface area contributed by atoms with Crippen LogP contribution in [-0.4, -0.2) is 18.1 Å². The summed E-state index contributed by atoms with van der Waals surface area (Å²) in [5.74, 6) is 0. The van der Waals surface area contributed by atoms with Gasteiger partial charge in [-0.05, 0) is 57.9 Å². The van der Waals surface area contributed by atoms with Gasteiger partial charge < -0.3 is 10.6 Å². The third-order valence-electron chi connectivity index (χ3n) is 3.40. The molecule has 1 aliphatic heterocycles. The van der Waals surface area contributed by atoms with Gasteiger partial charge in [-0.2, -0.15) is 0 Å². The van der Waals surface area contributed by atoms with E-state index in [-0.39, 0.29) is 5.54 Å². The first-order chi connectivity index (χ1) is 7.96. The molecule has 2 nitrogen and oxygen atoms in total. The molecule has 1 fully saturated rings. The molecule has 0 amide bonds. The smallest absolute Gasteiger partial charge is 0.0353 e. The van der Waals surface area contributed by atoms with Crippen molar-refractivity contribution in [3.63, 3.8) is 0 Å². The van der Waals surface area contributed by atoms with E-state index >= 15 is 0 Å². The first-order valence-electron chi connectivity index (χ1n) is 6.24. The van der Waals surface area contributed by atoms with E-state index in [9.17, 15) is 0 Å². The Hall–Kier alpha value is -0.540. The maximum absolute atomic E-state index is 3.63. The number of aryl methyl sites for hydroxylation is 1. The molecule has 1 saturated heterocycles. The topological polar surface area (TPSA) is 24.1 Å². The van der Waals surface area contributed by atoms with Crippen molar-refractivity contribution in [2.24, 2.45) is 0 Å². The lowest BCUT2D eigenvalue weighted by Gasteiger charge is -2.37. The first kappa shape index (κ1) is 12.9. The molecule has 0 bridgehead atoms. The summed E-state index contributed by atoms with van der Waals surface area (Å²) in [4.78, 5) is 0. The lowest BCUT2D eigenvalue weighted by Crippen LogP contribution is -2.50. The number of benzene rings is 1. The predicted molar refractivity (Wildman–Crippen MR) is 77.6 cm³/mol. The van der Waals surface area contributed by atoms with E-state index in [1.165, 1.54) is 28.6 Å². The summed E-state index contributed by atoms with van der Waals surface area (Å²) in [6.07, 6.45) is 2.35. The van der Waals surface area contributed by atoms with Gasteiger partial charge in [-0.3, -0.25) is 0 Å². The van der Waals surface area contributed by atoms with Crippen LogP contribution in [-0.2, 0) is 0 Å². The van der Waals surface area contributed by atoms with E-state index in [2.05, 4.69) is 65.5 Å². The highest BCUT2D eigenvalue weighted by atomic mass is 79.9. The van der Waals surface area contributed by atoms with Crippen molar-refractivity contribution in [2.45, 2.75) is 45.2 Å². The number of rotatable bonds is 2. The van der Waals surface area contributed by atoms with Crippen LogP contribution in [0, 0.1) is 6.92 Å². The zero-order valence-electron chi connectivity index (χ0n) is 10.8. The van der Waals surface area contributed by atoms with Gasteiger partial charge >= 0.3 is 0 Å². The van der Waals surface area contributed by atoms with Crippen LogP contribution in [0.1, 0.15) is 32.3 Å². The van der Waals surface area contributed by atoms with Gasteiger partial charge in [0.2, 0.25) is 0 Å². The molecule has 2 rings (SSSR count). The molecule has 94 valence electrons. The molecule has 0 aromatic heterocycles. The van der Waals surface area contributed by atoms with Crippen LogP contribution in [0.2, 0.25) is 0 Å². The van der Waals surface area contributed by atoms with E-state index in [1.54, 1.807) is 0 Å². The normalized spacial score (nSPS) is 23.4. The third kappa shape index (κ3) is 3.46. The van der Waals surface area contributed by atoms with Crippen LogP contribution in [0.25, 0.3) is 0 Å². The van der Waals surface area contributed by atoms with Crippen LogP contribution < -0.4 is 10.6 Å². The average molecular weight is 297 g/mol. The molecule has 17 heavy (non-hydrogen) atoms. The molecule has 3 heteroatoms. The van der Waals surface area contributed by atoms with Crippen LogP contribution in [0.15, 0.2) is 22.7 Å². The van der Waals surface area contributed by atoms with Gasteiger partial charge in [-0.15, -0.1) is 0 Å². The number of hydrogen-bond donors (Lipinski definition) is 2. The number of piperidine rings is 1. The molecule has 0 radical (unpaired) electrons. The maximum Gasteiger partial charge on any atom is 0.0353 e. The van der Waals surface area contributed by atoms with E-state index in [0.717, 1.165) is 6.54 Å². The summed E-state index contributed by atoms with van der Waals surface area (Å²) in [6.45, 7) is 7.75. The van der Waals surface area contributed by atoms with Gasteiger partial charge in [0.25, 0.3) is 0 Å². The second kappa shape index (κ2) is 4.99. The molecule has 1 aromatic rings. The number of hydrogen-bond acceptors (Lipinski definition) is 2. The highest BCUT2D eigenvalue weighted by Gasteiger charge is 2.27. The highest BCUT2D eigenvalue weighted by Crippen LogP contribution is 2.25. The Morgan fingerprint density at radius 1 is 1.41 bits per heavy atom. The van der Waals surface area contributed by atoms with E-state index in [4.69, 9.17) is 0 Å². The monoisotopic (exact) mass is 296 g/mol. The number of anilines is 1. The third-order valence-corrected chi connectivity index (χ3v) is 4.25. The Bertz CT molecular complexity index is 401. The summed E-state index contributed by atoms with van der Waals surface area (Å²) >= 11 is 3.58. The van der Waals surface area contributed by atoms with Crippen molar-refractivity contribution in [1.82, 2.24) is 5.32 Å². The fraction of sp³-hybridized carbons (Fsp3) is 0.571. The SMILES string of the molecule is Cc1ccc(NC2CCNC(C)(C)C2)cc1Br. The zero-order valence-corrected chi connectivity index (χ0v) is 12.4. The van der Waals surface area contributed by atoms with Crippen molar-refractivity contribution in [3.8, 4) is 0 Å². The van der Waals surface area contributed by atoms with Gasteiger partial charge in [0, 0.05) is 21.7 Å². The molecular formula is C14H21BrN2. The molecule has 0 aliphatic carbocycles. The van der Waals surface area contributed by atoms with Crippen LogP contribution in [0.5, 0.6) is 0 Å². The van der Waals surface area contributed by atoms with Gasteiger partial charge in [-0.1, -0.05) is 22.0 Å². The predicted octanol–water partition coefficient (Wildman–Crippen LogP) is 3.70. The Kier molecular flexibility index (Phi) is 3.79. The summed E-state index contributed by atoms with van der Waals surface area (Å²) in [5.41, 5.74) is 2.74. The lowest BCUT2D eigenvalue weighted by atomic mass is 9.89. The van der Waals surface area contributed by atoms with Crippen molar-refractivity contribution in [3.05, 3.63) is 28.2 Å². The summed E-state index contributed by atoms with van der Waals surface area (Å²) in [7, 11) is 0. The molecule has 1 aliphatic rings. The van der Waals surface area contributed by atoms with E-state index in [1.807, 2.05) is 0 Å². The van der Waals surface area contributed by atoms with Crippen molar-refractivity contribution in [2.75, 3.05) is 11.9 Å². The summed E-state index contributed by atoms with van der Waals surface area (Å²) < 4.78 is 1.18. The minimum atomic E-state index is 0.248. The molecular weight excluding hydrogens is 276 g/mol. The molecule has 1 heterocycles. The Balaban J connectivity index is 2.03. The Morgan fingerprint density at radius 2 is 2.18 bits per heavy atom. The van der Waals surface area contributed by atoms with Crippen molar-refractivity contribution in [1.29, 1.82) is 0 Å². The molecule has 1 atom stereocenters. The molecule has 2 N–H and O–H groups in total. The zero-order chi connectivity index (χ0) is 12.5. The first-order valence-corrected chi connectivity index (χ1v) is 7.03. The van der Waals surface area contributed by atoms with E-state index in [0.29, 0.717) is 6.04 Å².